The molecular formula is C44H37ClFeP2Pt+2. The van der Waals surface area contributed by atoms with Gasteiger partial charge in [-0.3, -0.25) is 0 Å². The van der Waals surface area contributed by atoms with E-state index in [1.165, 1.54) is 33.5 Å². The van der Waals surface area contributed by atoms with Crippen molar-refractivity contribution in [3.8, 4) is 5.92 Å². The summed E-state index contributed by atoms with van der Waals surface area (Å²) in [6.45, 7) is 0. The maximum Gasteiger partial charge on any atom is 2.00 e. The van der Waals surface area contributed by atoms with E-state index in [-0.39, 0.29) is 54.0 Å². The maximum atomic E-state index is 6.61. The third kappa shape index (κ3) is 16.7. The zero-order valence-corrected chi connectivity index (χ0v) is 32.8. The summed E-state index contributed by atoms with van der Waals surface area (Å²) >= 11 is 5.52. The van der Waals surface area contributed by atoms with Crippen molar-refractivity contribution in [1.29, 1.82) is 0 Å². The van der Waals surface area contributed by atoms with Crippen LogP contribution in [0.5, 0.6) is 0 Å². The number of hydrogen-bond donors (Lipinski definition) is 0. The summed E-state index contributed by atoms with van der Waals surface area (Å²) in [5.74, 6) is 3.10. The summed E-state index contributed by atoms with van der Waals surface area (Å²) in [4.78, 5) is 0. The molecule has 0 unspecified atom stereocenters. The molecule has 2 fully saturated rings. The minimum absolute atomic E-state index is 0. The third-order valence-electron chi connectivity index (χ3n) is 6.86. The summed E-state index contributed by atoms with van der Waals surface area (Å²) < 4.78 is 0. The molecule has 2 aliphatic carbocycles. The number of halogens is 1. The Hall–Kier alpha value is -1.98. The predicted octanol–water partition coefficient (Wildman–Crippen LogP) is 9.39. The van der Waals surface area contributed by atoms with Gasteiger partial charge in [-0.15, -0.1) is 11.6 Å². The predicted molar refractivity (Wildman–Crippen MR) is 207 cm³/mol. The average molecular weight is 914 g/mol. The zero-order valence-electron chi connectivity index (χ0n) is 26.9. The van der Waals surface area contributed by atoms with Crippen molar-refractivity contribution >= 4 is 48.7 Å². The molecule has 0 N–H and O–H groups in total. The Kier molecular flexibility index (Phi) is 23.6. The van der Waals surface area contributed by atoms with Gasteiger partial charge in [0.25, 0.3) is 0 Å². The van der Waals surface area contributed by atoms with Crippen molar-refractivity contribution in [3.05, 3.63) is 227 Å². The molecule has 0 saturated heterocycles. The fraction of sp³-hybridized carbons (Fsp3) is 0.0455. The van der Waals surface area contributed by atoms with Crippen molar-refractivity contribution in [2.45, 2.75) is 0 Å². The van der Waals surface area contributed by atoms with Gasteiger partial charge in [0, 0.05) is 5.92 Å². The fourth-order valence-corrected chi connectivity index (χ4v) is 10.1. The first-order chi connectivity index (χ1) is 23.2. The van der Waals surface area contributed by atoms with Gasteiger partial charge in [0.15, 0.2) is 0 Å². The topological polar surface area (TPSA) is 0 Å². The molecule has 0 aromatic heterocycles. The first-order valence-corrected chi connectivity index (χ1v) is 18.9. The van der Waals surface area contributed by atoms with E-state index in [9.17, 15) is 0 Å². The van der Waals surface area contributed by atoms with Gasteiger partial charge in [0.05, 0.1) is 0 Å². The molecule has 5 heteroatoms. The molecule has 2 saturated carbocycles. The van der Waals surface area contributed by atoms with Crippen molar-refractivity contribution in [3.63, 3.8) is 0 Å². The minimum Gasteiger partial charge on any atom is -0.693 e. The number of hydrogen-bond acceptors (Lipinski definition) is 0. The van der Waals surface area contributed by atoms with Crippen LogP contribution in [0.2, 0.25) is 5.02 Å². The van der Waals surface area contributed by atoms with E-state index in [2.05, 4.69) is 133 Å². The normalized spacial score (nSPS) is 13.2. The van der Waals surface area contributed by atoms with E-state index < -0.39 is 0 Å². The second-order valence-electron chi connectivity index (χ2n) is 10.1. The van der Waals surface area contributed by atoms with Gasteiger partial charge in [0.2, 0.25) is 0 Å². The van der Waals surface area contributed by atoms with Crippen LogP contribution in [0.1, 0.15) is 0 Å². The molecule has 0 amide bonds. The standard InChI is InChI=1S/C26H24P2.C7H4.C6H4Cl.C5H5.Fe.Pt/c1-5-13-23(14-6-1)27(24-15-7-2-8-16-24)21-22-28(25-17-9-3-10-18-25)26-19-11-4-12-20-26;1-2-7-5-3-4-6-7;7-6-4-2-1-3-5-6;1-2-4-5-3-1;;/h1-20H,21-22H2;3-6H;2-5H;1-5H;;/q;2*-1;;2*+2. The molecule has 0 nitrogen and oxygen atoms in total. The van der Waals surface area contributed by atoms with E-state index in [0.717, 1.165) is 10.9 Å². The SMILES string of the molecule is Clc1cc[c-]cc1.[C-]#C[C]1[CH][CH][CH][CH]1.[CH]1[CH][CH][CH][CH]1.[Fe+2].[Pt+2].c1ccc(P(CCP(c2ccccc2)c2ccccc2)c2ccccc2)cc1. The molecule has 0 atom stereocenters. The van der Waals surface area contributed by atoms with Gasteiger partial charge in [-0.05, 0) is 107 Å². The number of benzene rings is 5. The molecule has 0 spiro atoms. The van der Waals surface area contributed by atoms with Gasteiger partial charge >= 0.3 is 38.1 Å². The van der Waals surface area contributed by atoms with Crippen molar-refractivity contribution in [2.24, 2.45) is 0 Å². The summed E-state index contributed by atoms with van der Waals surface area (Å²) in [6, 6.07) is 54.2. The van der Waals surface area contributed by atoms with Gasteiger partial charge in [-0.2, -0.15) is 30.3 Å². The fourth-order valence-electron chi connectivity index (χ4n) is 4.59. The Labute approximate surface area is 329 Å². The first-order valence-electron chi connectivity index (χ1n) is 15.4. The van der Waals surface area contributed by atoms with E-state index >= 15 is 0 Å². The molecule has 49 heavy (non-hydrogen) atoms. The molecule has 246 valence electrons. The average Bonchev–Trinajstić information content (AvgIpc) is 3.91. The molecule has 0 aliphatic heterocycles. The van der Waals surface area contributed by atoms with Crippen LogP contribution in [0.3, 0.4) is 0 Å². The summed E-state index contributed by atoms with van der Waals surface area (Å²) in [5.41, 5.74) is 0. The molecule has 0 bridgehead atoms. The smallest absolute Gasteiger partial charge is 0.693 e. The van der Waals surface area contributed by atoms with Crippen LogP contribution in [0, 0.1) is 82.1 Å². The van der Waals surface area contributed by atoms with Crippen molar-refractivity contribution in [2.75, 3.05) is 12.3 Å². The van der Waals surface area contributed by atoms with Crippen molar-refractivity contribution in [1.82, 2.24) is 0 Å². The largest absolute Gasteiger partial charge is 2.00 e. The zero-order chi connectivity index (χ0) is 32.8. The van der Waals surface area contributed by atoms with Crippen LogP contribution in [0.15, 0.2) is 146 Å². The quantitative estimate of drug-likeness (QED) is 0.0662. The monoisotopic (exact) mass is 913 g/mol. The number of rotatable bonds is 7. The molecule has 5 aromatic rings. The maximum absolute atomic E-state index is 6.61. The Morgan fingerprint density at radius 1 is 0.490 bits per heavy atom. The Morgan fingerprint density at radius 3 is 1.02 bits per heavy atom. The van der Waals surface area contributed by atoms with Gasteiger partial charge in [-0.1, -0.05) is 126 Å². The van der Waals surface area contributed by atoms with Crippen LogP contribution in [0.4, 0.5) is 0 Å². The van der Waals surface area contributed by atoms with Crippen LogP contribution in [-0.2, 0) is 38.1 Å². The van der Waals surface area contributed by atoms with Crippen molar-refractivity contribution < 1.29 is 38.1 Å². The molecule has 5 aromatic carbocycles. The Balaban J connectivity index is 0.000000321. The van der Waals surface area contributed by atoms with Crippen LogP contribution >= 0.6 is 27.4 Å². The summed E-state index contributed by atoms with van der Waals surface area (Å²) in [6.07, 6.45) is 26.5. The van der Waals surface area contributed by atoms with Gasteiger partial charge in [-0.25, -0.2) is 0 Å². The third-order valence-corrected chi connectivity index (χ3v) is 12.5. The van der Waals surface area contributed by atoms with Crippen LogP contribution < -0.4 is 21.2 Å². The first kappa shape index (κ1) is 43.2. The van der Waals surface area contributed by atoms with Crippen LogP contribution in [-0.4, -0.2) is 12.3 Å². The van der Waals surface area contributed by atoms with Gasteiger partial charge < -0.3 is 12.3 Å². The second-order valence-corrected chi connectivity index (χ2v) is 15.2. The van der Waals surface area contributed by atoms with Crippen LogP contribution in [0.25, 0.3) is 0 Å². The molecule has 10 radical (unpaired) electrons. The van der Waals surface area contributed by atoms with E-state index in [1.54, 1.807) is 24.3 Å². The summed E-state index contributed by atoms with van der Waals surface area (Å²) in [5, 5.41) is 6.65. The van der Waals surface area contributed by atoms with Gasteiger partial charge in [0.1, 0.15) is 0 Å². The van der Waals surface area contributed by atoms with E-state index in [0.29, 0.717) is 0 Å². The van der Waals surface area contributed by atoms with E-state index in [1.807, 2.05) is 57.8 Å². The Morgan fingerprint density at radius 2 is 0.796 bits per heavy atom. The molecule has 2 aliphatic rings. The van der Waals surface area contributed by atoms with E-state index in [4.69, 9.17) is 18.0 Å². The molecule has 0 heterocycles. The second kappa shape index (κ2) is 26.8. The summed E-state index contributed by atoms with van der Waals surface area (Å²) in [7, 11) is -0.696. The minimum atomic E-state index is -0.348. The molecular weight excluding hydrogens is 877 g/mol. The molecule has 7 rings (SSSR count). The Bertz CT molecular complexity index is 1350.